The van der Waals surface area contributed by atoms with Crippen molar-refractivity contribution in [1.29, 1.82) is 5.26 Å². The standard InChI is InChI=1S/C25H31N6O9P/c1-24(2,13-32)23(35)37-11-10-30-41(36,40-16-6-4-3-5-7-16)38-14-25(12-26)21(34)19(33)20(39-25)17-8-9-18-22(27)28-15-29-31(17)18/h3-9,15,19-21,32-34H,10-11,13-14H2,1-2H3,(H,30,36)(H2,27,28,29)/t19-,20-,21-,25+,41?/m0/s1. The van der Waals surface area contributed by atoms with E-state index in [-0.39, 0.29) is 30.4 Å². The quantitative estimate of drug-likeness (QED) is 0.111. The van der Waals surface area contributed by atoms with Crippen LogP contribution in [0, 0.1) is 16.7 Å². The van der Waals surface area contributed by atoms with Crippen molar-refractivity contribution in [2.45, 2.75) is 37.8 Å². The van der Waals surface area contributed by atoms with Gasteiger partial charge < -0.3 is 35.1 Å². The number of benzene rings is 1. The van der Waals surface area contributed by atoms with Crippen LogP contribution in [0.15, 0.2) is 48.8 Å². The highest BCUT2D eigenvalue weighted by Gasteiger charge is 2.57. The van der Waals surface area contributed by atoms with E-state index in [0.717, 1.165) is 0 Å². The summed E-state index contributed by atoms with van der Waals surface area (Å²) in [6.07, 6.45) is -3.41. The van der Waals surface area contributed by atoms with Crippen molar-refractivity contribution in [3.63, 3.8) is 0 Å². The van der Waals surface area contributed by atoms with E-state index < -0.39 is 56.3 Å². The van der Waals surface area contributed by atoms with Gasteiger partial charge in [0, 0.05) is 6.54 Å². The fourth-order valence-electron chi connectivity index (χ4n) is 3.97. The molecule has 0 bridgehead atoms. The van der Waals surface area contributed by atoms with Crippen molar-refractivity contribution >= 4 is 25.1 Å². The first kappa shape index (κ1) is 30.4. The number of aliphatic hydroxyl groups is 3. The molecule has 0 spiro atoms. The van der Waals surface area contributed by atoms with E-state index in [2.05, 4.69) is 15.2 Å². The van der Waals surface area contributed by atoms with Crippen molar-refractivity contribution in [2.75, 3.05) is 32.1 Å². The molecule has 3 heterocycles. The summed E-state index contributed by atoms with van der Waals surface area (Å²) in [7, 11) is -4.29. The molecule has 0 radical (unpaired) electrons. The second-order valence-corrected chi connectivity index (χ2v) is 11.7. The molecular formula is C25H31N6O9P. The molecule has 0 aliphatic carbocycles. The number of aromatic nitrogens is 3. The Morgan fingerprint density at radius 3 is 2.71 bits per heavy atom. The summed E-state index contributed by atoms with van der Waals surface area (Å²) in [6, 6.07) is 13.0. The maximum Gasteiger partial charge on any atom is 0.458 e. The Bertz CT molecular complexity index is 1460. The molecule has 41 heavy (non-hydrogen) atoms. The molecule has 1 saturated heterocycles. The van der Waals surface area contributed by atoms with Crippen LogP contribution in [0.2, 0.25) is 0 Å². The lowest BCUT2D eigenvalue weighted by molar-refractivity contribution is -0.155. The number of esters is 1. The number of hydrogen-bond donors (Lipinski definition) is 5. The Hall–Kier alpha value is -3.61. The van der Waals surface area contributed by atoms with Crippen molar-refractivity contribution in [3.05, 3.63) is 54.5 Å². The Morgan fingerprint density at radius 1 is 1.29 bits per heavy atom. The minimum atomic E-state index is -4.29. The number of nitrogens with two attached hydrogens (primary N) is 1. The Morgan fingerprint density at radius 2 is 2.02 bits per heavy atom. The summed E-state index contributed by atoms with van der Waals surface area (Å²) < 4.78 is 37.2. The van der Waals surface area contributed by atoms with E-state index >= 15 is 0 Å². The number of nitrogens with zero attached hydrogens (tertiary/aromatic N) is 4. The highest BCUT2D eigenvalue weighted by Crippen LogP contribution is 2.48. The molecule has 5 atom stereocenters. The predicted molar refractivity (Wildman–Crippen MR) is 142 cm³/mol. The monoisotopic (exact) mass is 590 g/mol. The number of anilines is 1. The smallest absolute Gasteiger partial charge is 0.458 e. The first-order chi connectivity index (χ1) is 19.5. The third-order valence-corrected chi connectivity index (χ3v) is 7.98. The third kappa shape index (κ3) is 6.34. The highest BCUT2D eigenvalue weighted by atomic mass is 31.2. The minimum Gasteiger partial charge on any atom is -0.464 e. The van der Waals surface area contributed by atoms with E-state index in [9.17, 15) is 29.9 Å². The van der Waals surface area contributed by atoms with Crippen molar-refractivity contribution < 1.29 is 43.2 Å². The average molecular weight is 591 g/mol. The molecule has 1 aromatic carbocycles. The van der Waals surface area contributed by atoms with E-state index in [0.29, 0.717) is 5.52 Å². The zero-order valence-corrected chi connectivity index (χ0v) is 23.2. The molecule has 15 nitrogen and oxygen atoms in total. The molecule has 3 aromatic rings. The zero-order chi connectivity index (χ0) is 29.8. The van der Waals surface area contributed by atoms with Gasteiger partial charge in [-0.25, -0.2) is 19.2 Å². The molecule has 4 rings (SSSR count). The predicted octanol–water partition coefficient (Wildman–Crippen LogP) is 0.722. The van der Waals surface area contributed by atoms with E-state index in [4.69, 9.17) is 24.3 Å². The lowest BCUT2D eigenvalue weighted by Gasteiger charge is -2.27. The number of rotatable bonds is 12. The minimum absolute atomic E-state index is 0.162. The van der Waals surface area contributed by atoms with Gasteiger partial charge in [-0.3, -0.25) is 9.32 Å². The number of carbonyl (C=O) groups is 1. The van der Waals surface area contributed by atoms with Crippen molar-refractivity contribution in [3.8, 4) is 11.8 Å². The van der Waals surface area contributed by atoms with E-state index in [1.165, 1.54) is 36.8 Å². The summed E-state index contributed by atoms with van der Waals surface area (Å²) >= 11 is 0. The maximum absolute atomic E-state index is 13.7. The van der Waals surface area contributed by atoms with Crippen molar-refractivity contribution in [1.82, 2.24) is 19.7 Å². The second kappa shape index (κ2) is 12.1. The van der Waals surface area contributed by atoms with Crippen LogP contribution in [-0.4, -0.2) is 80.1 Å². The Balaban J connectivity index is 1.51. The zero-order valence-electron chi connectivity index (χ0n) is 22.3. The normalized spacial score (nSPS) is 24.0. The summed E-state index contributed by atoms with van der Waals surface area (Å²) in [6.45, 7) is 1.36. The van der Waals surface area contributed by atoms with Crippen LogP contribution in [0.3, 0.4) is 0 Å². The second-order valence-electron chi connectivity index (χ2n) is 9.94. The maximum atomic E-state index is 13.7. The lowest BCUT2D eigenvalue weighted by Crippen LogP contribution is -2.46. The Labute approximate surface area is 235 Å². The van der Waals surface area contributed by atoms with Gasteiger partial charge in [0.15, 0.2) is 5.82 Å². The number of para-hydroxylation sites is 1. The van der Waals surface area contributed by atoms with E-state index in [1.807, 2.05) is 6.07 Å². The van der Waals surface area contributed by atoms with Crippen LogP contribution in [0.25, 0.3) is 5.52 Å². The summed E-state index contributed by atoms with van der Waals surface area (Å²) in [5.74, 6) is -0.335. The average Bonchev–Trinajstić information content (AvgIpc) is 3.50. The highest BCUT2D eigenvalue weighted by molar-refractivity contribution is 7.52. The molecule has 1 fully saturated rings. The third-order valence-electron chi connectivity index (χ3n) is 6.45. The van der Waals surface area contributed by atoms with Gasteiger partial charge in [-0.05, 0) is 38.1 Å². The number of hydrogen-bond acceptors (Lipinski definition) is 13. The van der Waals surface area contributed by atoms with Crippen molar-refractivity contribution in [2.24, 2.45) is 5.41 Å². The van der Waals surface area contributed by atoms with Gasteiger partial charge in [-0.15, -0.1) is 0 Å². The van der Waals surface area contributed by atoms with Gasteiger partial charge in [0.2, 0.25) is 5.60 Å². The first-order valence-corrected chi connectivity index (χ1v) is 14.1. The van der Waals surface area contributed by atoms with Gasteiger partial charge >= 0.3 is 13.7 Å². The van der Waals surface area contributed by atoms with Gasteiger partial charge in [0.1, 0.15) is 55.2 Å². The SMILES string of the molecule is CC(C)(CO)C(=O)OCCNP(=O)(OC[C@@]1(C#N)O[C@@H](c2ccc3c(N)ncnn23)[C@H](O)[C@@H]1O)Oc1ccccc1. The molecule has 0 amide bonds. The molecule has 0 saturated carbocycles. The number of nitrogen functional groups attached to an aromatic ring is 1. The summed E-state index contributed by atoms with van der Waals surface area (Å²) in [5, 5.41) is 47.8. The fraction of sp³-hybridized carbons (Fsp3) is 0.440. The number of fused-ring (bicyclic) bond motifs is 1. The van der Waals surface area contributed by atoms with Gasteiger partial charge in [-0.2, -0.15) is 10.4 Å². The van der Waals surface area contributed by atoms with Gasteiger partial charge in [0.05, 0.1) is 17.7 Å². The van der Waals surface area contributed by atoms with Crippen LogP contribution in [0.4, 0.5) is 5.82 Å². The van der Waals surface area contributed by atoms with Crippen LogP contribution in [0.5, 0.6) is 5.75 Å². The first-order valence-electron chi connectivity index (χ1n) is 12.5. The van der Waals surface area contributed by atoms with Crippen LogP contribution < -0.4 is 15.3 Å². The summed E-state index contributed by atoms with van der Waals surface area (Å²) in [5.41, 5.74) is 3.29. The summed E-state index contributed by atoms with van der Waals surface area (Å²) in [4.78, 5) is 16.0. The number of carbonyl (C=O) groups excluding carboxylic acids is 1. The topological polar surface area (TPSA) is 224 Å². The van der Waals surface area contributed by atoms with Gasteiger partial charge in [-0.1, -0.05) is 18.2 Å². The molecular weight excluding hydrogens is 559 g/mol. The number of nitriles is 1. The number of nitrogens with one attached hydrogen (secondary N) is 1. The molecule has 6 N–H and O–H groups in total. The molecule has 220 valence electrons. The fourth-order valence-corrected chi connectivity index (χ4v) is 5.30. The van der Waals surface area contributed by atoms with Crippen LogP contribution in [-0.2, 0) is 23.4 Å². The Kier molecular flexibility index (Phi) is 8.95. The van der Waals surface area contributed by atoms with Gasteiger partial charge in [0.25, 0.3) is 0 Å². The molecule has 16 heteroatoms. The largest absolute Gasteiger partial charge is 0.464 e. The van der Waals surface area contributed by atoms with E-state index in [1.54, 1.807) is 30.3 Å². The molecule has 2 aromatic heterocycles. The molecule has 1 unspecified atom stereocenters. The van der Waals surface area contributed by atoms with Crippen LogP contribution >= 0.6 is 7.75 Å². The lowest BCUT2D eigenvalue weighted by atomic mass is 9.95. The molecule has 1 aliphatic rings. The number of ether oxygens (including phenoxy) is 2. The van der Waals surface area contributed by atoms with Crippen LogP contribution in [0.1, 0.15) is 25.6 Å². The molecule has 1 aliphatic heterocycles. The number of aliphatic hydroxyl groups excluding tert-OH is 3.